The van der Waals surface area contributed by atoms with E-state index in [0.717, 1.165) is 10.9 Å². The van der Waals surface area contributed by atoms with E-state index in [1.807, 2.05) is 19.2 Å². The Morgan fingerprint density at radius 1 is 1.55 bits per heavy atom. The van der Waals surface area contributed by atoms with E-state index in [1.165, 1.54) is 16.6 Å². The molecule has 6 heteroatoms. The van der Waals surface area contributed by atoms with Gasteiger partial charge in [-0.1, -0.05) is 31.7 Å². The minimum Gasteiger partial charge on any atom is -0.481 e. The molecule has 0 fully saturated rings. The molecule has 108 valence electrons. The van der Waals surface area contributed by atoms with E-state index >= 15 is 0 Å². The second-order valence-corrected chi connectivity index (χ2v) is 6.88. The van der Waals surface area contributed by atoms with Crippen LogP contribution in [0.1, 0.15) is 30.5 Å². The Balaban J connectivity index is 2.35. The van der Waals surface area contributed by atoms with Crippen LogP contribution < -0.4 is 0 Å². The highest BCUT2D eigenvalue weighted by molar-refractivity contribution is 7.99. The molecule has 0 aromatic carbocycles. The molecule has 2 aromatic heterocycles. The Hall–Kier alpha value is -1.27. The van der Waals surface area contributed by atoms with E-state index in [-0.39, 0.29) is 11.8 Å². The van der Waals surface area contributed by atoms with Crippen LogP contribution in [-0.2, 0) is 4.79 Å². The van der Waals surface area contributed by atoms with E-state index < -0.39 is 5.97 Å². The maximum atomic E-state index is 10.8. The molecular formula is C14H18N2O2S2. The van der Waals surface area contributed by atoms with E-state index in [0.29, 0.717) is 5.92 Å². The van der Waals surface area contributed by atoms with Crippen molar-refractivity contribution in [1.82, 2.24) is 9.55 Å². The summed E-state index contributed by atoms with van der Waals surface area (Å²) in [5, 5.41) is 11.7. The zero-order valence-electron chi connectivity index (χ0n) is 11.7. The van der Waals surface area contributed by atoms with E-state index in [9.17, 15) is 4.79 Å². The number of rotatable bonds is 6. The fourth-order valence-corrected chi connectivity index (χ4v) is 3.95. The molecule has 0 spiro atoms. The first kappa shape index (κ1) is 15.1. The van der Waals surface area contributed by atoms with Gasteiger partial charge < -0.3 is 9.67 Å². The summed E-state index contributed by atoms with van der Waals surface area (Å²) in [5.74, 6) is -0.378. The van der Waals surface area contributed by atoms with E-state index in [1.54, 1.807) is 11.3 Å². The molecule has 1 N–H and O–H groups in total. The van der Waals surface area contributed by atoms with Gasteiger partial charge in [-0.2, -0.15) is 0 Å². The average Bonchev–Trinajstić information content (AvgIpc) is 2.97. The lowest BCUT2D eigenvalue weighted by molar-refractivity contribution is -0.133. The Morgan fingerprint density at radius 2 is 2.30 bits per heavy atom. The first-order valence-corrected chi connectivity index (χ1v) is 8.29. The summed E-state index contributed by atoms with van der Waals surface area (Å²) in [6.07, 6.45) is 2.01. The monoisotopic (exact) mass is 310 g/mol. The van der Waals surface area contributed by atoms with Crippen LogP contribution in [0.2, 0.25) is 0 Å². The first-order valence-electron chi connectivity index (χ1n) is 6.42. The molecule has 0 bridgehead atoms. The van der Waals surface area contributed by atoms with Gasteiger partial charge in [-0.25, -0.2) is 4.98 Å². The number of carboxylic acid groups (broad SMARTS) is 1. The number of aromatic nitrogens is 2. The quantitative estimate of drug-likeness (QED) is 0.827. The number of aliphatic carboxylic acids is 1. The van der Waals surface area contributed by atoms with Gasteiger partial charge in [0.05, 0.1) is 17.5 Å². The minimum atomic E-state index is -0.820. The van der Waals surface area contributed by atoms with Gasteiger partial charge in [0, 0.05) is 11.1 Å². The molecule has 4 nitrogen and oxygen atoms in total. The summed E-state index contributed by atoms with van der Waals surface area (Å²) in [5.41, 5.74) is 0.917. The molecule has 0 aliphatic carbocycles. The molecule has 0 aliphatic heterocycles. The zero-order chi connectivity index (χ0) is 14.7. The van der Waals surface area contributed by atoms with Crippen LogP contribution in [0.15, 0.2) is 28.9 Å². The maximum Gasteiger partial charge on any atom is 0.313 e. The Morgan fingerprint density at radius 3 is 2.85 bits per heavy atom. The summed E-state index contributed by atoms with van der Waals surface area (Å²) in [7, 11) is 0. The number of aryl methyl sites for hydroxylation is 1. The molecule has 2 aromatic rings. The maximum absolute atomic E-state index is 10.8. The van der Waals surface area contributed by atoms with E-state index in [4.69, 9.17) is 5.11 Å². The highest BCUT2D eigenvalue weighted by Gasteiger charge is 2.22. The molecule has 0 amide bonds. The van der Waals surface area contributed by atoms with Crippen molar-refractivity contribution in [1.29, 1.82) is 0 Å². The van der Waals surface area contributed by atoms with Crippen molar-refractivity contribution in [3.63, 3.8) is 0 Å². The van der Waals surface area contributed by atoms with Gasteiger partial charge >= 0.3 is 5.97 Å². The Labute approximate surface area is 126 Å². The lowest BCUT2D eigenvalue weighted by Gasteiger charge is -2.23. The number of hydrogen-bond acceptors (Lipinski definition) is 4. The molecule has 2 heterocycles. The molecule has 1 atom stereocenters. The van der Waals surface area contributed by atoms with Crippen molar-refractivity contribution in [2.24, 2.45) is 5.92 Å². The van der Waals surface area contributed by atoms with Gasteiger partial charge in [-0.3, -0.25) is 4.79 Å². The summed E-state index contributed by atoms with van der Waals surface area (Å²) in [6.45, 7) is 6.28. The fraction of sp³-hybridized carbons (Fsp3) is 0.429. The molecule has 2 rings (SSSR count). The van der Waals surface area contributed by atoms with Gasteiger partial charge in [-0.15, -0.1) is 11.3 Å². The normalized spacial score (nSPS) is 12.8. The van der Waals surface area contributed by atoms with Crippen LogP contribution in [0.4, 0.5) is 0 Å². The van der Waals surface area contributed by atoms with Gasteiger partial charge in [-0.05, 0) is 24.3 Å². The number of carbonyl (C=O) groups is 1. The van der Waals surface area contributed by atoms with Crippen LogP contribution in [0.25, 0.3) is 0 Å². The summed E-state index contributed by atoms with van der Waals surface area (Å²) >= 11 is 3.00. The number of thiophene rings is 1. The zero-order valence-corrected chi connectivity index (χ0v) is 13.4. The van der Waals surface area contributed by atoms with Crippen LogP contribution in [0.5, 0.6) is 0 Å². The van der Waals surface area contributed by atoms with Gasteiger partial charge in [0.15, 0.2) is 5.16 Å². The molecular weight excluding hydrogens is 292 g/mol. The number of imidazole rings is 1. The second-order valence-electron chi connectivity index (χ2n) is 4.96. The topological polar surface area (TPSA) is 55.1 Å². The van der Waals surface area contributed by atoms with Crippen LogP contribution in [0.3, 0.4) is 0 Å². The van der Waals surface area contributed by atoms with Crippen LogP contribution in [-0.4, -0.2) is 26.4 Å². The molecule has 20 heavy (non-hydrogen) atoms. The lowest BCUT2D eigenvalue weighted by Crippen LogP contribution is -2.16. The SMILES string of the molecule is Cc1cn(C(c2cccs2)C(C)C)c(SCC(=O)O)n1. The van der Waals surface area contributed by atoms with Gasteiger partial charge in [0.25, 0.3) is 0 Å². The minimum absolute atomic E-state index is 0.0334. The smallest absolute Gasteiger partial charge is 0.313 e. The van der Waals surface area contributed by atoms with Crippen molar-refractivity contribution in [2.75, 3.05) is 5.75 Å². The fourth-order valence-electron chi connectivity index (χ4n) is 2.17. The van der Waals surface area contributed by atoms with Crippen LogP contribution >= 0.6 is 23.1 Å². The van der Waals surface area contributed by atoms with Gasteiger partial charge in [0.2, 0.25) is 0 Å². The highest BCUT2D eigenvalue weighted by Crippen LogP contribution is 2.33. The summed E-state index contributed by atoms with van der Waals surface area (Å²) in [6, 6.07) is 4.37. The standard InChI is InChI=1S/C14H18N2O2S2/c1-9(2)13(11-5-4-6-19-11)16-7-10(3)15-14(16)20-8-12(17)18/h4-7,9,13H,8H2,1-3H3,(H,17,18). The number of hydrogen-bond donors (Lipinski definition) is 1. The Bertz CT molecular complexity index is 576. The number of thioether (sulfide) groups is 1. The third kappa shape index (κ3) is 3.43. The van der Waals surface area contributed by atoms with Crippen molar-refractivity contribution in [3.8, 4) is 0 Å². The molecule has 0 saturated carbocycles. The van der Waals surface area contributed by atoms with Crippen molar-refractivity contribution in [2.45, 2.75) is 32.0 Å². The largest absolute Gasteiger partial charge is 0.481 e. The van der Waals surface area contributed by atoms with E-state index in [2.05, 4.69) is 34.8 Å². The lowest BCUT2D eigenvalue weighted by atomic mass is 10.0. The van der Waals surface area contributed by atoms with Crippen LogP contribution in [0, 0.1) is 12.8 Å². The molecule has 0 aliphatic rings. The third-order valence-electron chi connectivity index (χ3n) is 2.91. The van der Waals surface area contributed by atoms with Crippen molar-refractivity contribution in [3.05, 3.63) is 34.3 Å². The number of nitrogens with zero attached hydrogens (tertiary/aromatic N) is 2. The summed E-state index contributed by atoms with van der Waals surface area (Å²) < 4.78 is 2.11. The van der Waals surface area contributed by atoms with Crippen molar-refractivity contribution >= 4 is 29.1 Å². The Kier molecular flexibility index (Phi) is 4.88. The summed E-state index contributed by atoms with van der Waals surface area (Å²) in [4.78, 5) is 16.5. The third-order valence-corrected chi connectivity index (χ3v) is 4.80. The second kappa shape index (κ2) is 6.45. The van der Waals surface area contributed by atoms with Gasteiger partial charge in [0.1, 0.15) is 0 Å². The predicted molar refractivity (Wildman–Crippen MR) is 82.6 cm³/mol. The highest BCUT2D eigenvalue weighted by atomic mass is 32.2. The molecule has 0 radical (unpaired) electrons. The predicted octanol–water partition coefficient (Wildman–Crippen LogP) is 3.68. The average molecular weight is 310 g/mol. The molecule has 1 unspecified atom stereocenters. The van der Waals surface area contributed by atoms with Crippen molar-refractivity contribution < 1.29 is 9.90 Å². The first-order chi connectivity index (χ1) is 9.49. The number of carboxylic acids is 1. The molecule has 0 saturated heterocycles.